The van der Waals surface area contributed by atoms with Crippen molar-refractivity contribution in [3.63, 3.8) is 0 Å². The number of aliphatic hydroxyl groups is 1. The molecular weight excluding hydrogens is 150 g/mol. The molecule has 1 aliphatic rings. The topological polar surface area (TPSA) is 23.5 Å². The lowest BCUT2D eigenvalue weighted by molar-refractivity contribution is 0.123. The molecule has 0 heterocycles. The lowest BCUT2D eigenvalue weighted by Gasteiger charge is -2.22. The molecule has 1 saturated carbocycles. The molecule has 1 N–H and O–H groups in total. The smallest absolute Gasteiger partial charge is 0.0639 e. The second-order valence-corrected chi connectivity index (χ2v) is 4.05. The van der Waals surface area contributed by atoms with Crippen LogP contribution in [0.15, 0.2) is 0 Å². The molecule has 0 radical (unpaired) electrons. The Bertz CT molecular complexity index is 117. The second-order valence-electron chi connectivity index (χ2n) is 4.05. The fourth-order valence-electron chi connectivity index (χ4n) is 1.61. The predicted molar refractivity (Wildman–Crippen MR) is 51.1 cm³/mol. The third-order valence-electron chi connectivity index (χ3n) is 2.28. The summed E-state index contributed by atoms with van der Waals surface area (Å²) in [5, 5.41) is 9.24. The number of nitrogens with zero attached hydrogens (tertiary/aromatic N) is 1. The van der Waals surface area contributed by atoms with Gasteiger partial charge in [-0.05, 0) is 38.6 Å². The summed E-state index contributed by atoms with van der Waals surface area (Å²) >= 11 is 0. The zero-order valence-electron chi connectivity index (χ0n) is 8.29. The SMILES string of the molecule is CCCN(CC1CC1)C[C@@H](C)O. The van der Waals surface area contributed by atoms with Crippen LogP contribution < -0.4 is 0 Å². The lowest BCUT2D eigenvalue weighted by atomic mass is 10.3. The molecule has 0 aromatic rings. The molecule has 0 saturated heterocycles. The first-order chi connectivity index (χ1) is 5.72. The van der Waals surface area contributed by atoms with Gasteiger partial charge in [-0.2, -0.15) is 0 Å². The molecule has 2 nitrogen and oxygen atoms in total. The van der Waals surface area contributed by atoms with Crippen molar-refractivity contribution in [2.45, 2.75) is 39.2 Å². The highest BCUT2D eigenvalue weighted by molar-refractivity contribution is 4.77. The standard InChI is InChI=1S/C10H21NO/c1-3-6-11(7-9(2)12)8-10-4-5-10/h9-10,12H,3-8H2,1-2H3/t9-/m1/s1. The number of hydrogen-bond donors (Lipinski definition) is 1. The Morgan fingerprint density at radius 1 is 1.50 bits per heavy atom. The van der Waals surface area contributed by atoms with E-state index < -0.39 is 0 Å². The van der Waals surface area contributed by atoms with Gasteiger partial charge in [0, 0.05) is 13.1 Å². The second kappa shape index (κ2) is 4.83. The third-order valence-corrected chi connectivity index (χ3v) is 2.28. The van der Waals surface area contributed by atoms with E-state index >= 15 is 0 Å². The van der Waals surface area contributed by atoms with Crippen LogP contribution in [0.5, 0.6) is 0 Å². The highest BCUT2D eigenvalue weighted by atomic mass is 16.3. The predicted octanol–water partition coefficient (Wildman–Crippen LogP) is 1.49. The fourth-order valence-corrected chi connectivity index (χ4v) is 1.61. The summed E-state index contributed by atoms with van der Waals surface area (Å²) in [6, 6.07) is 0. The van der Waals surface area contributed by atoms with Crippen molar-refractivity contribution >= 4 is 0 Å². The Morgan fingerprint density at radius 2 is 2.17 bits per heavy atom. The monoisotopic (exact) mass is 171 g/mol. The van der Waals surface area contributed by atoms with E-state index in [1.54, 1.807) is 0 Å². The normalized spacial score (nSPS) is 20.0. The van der Waals surface area contributed by atoms with E-state index in [9.17, 15) is 5.11 Å². The van der Waals surface area contributed by atoms with Crippen LogP contribution in [0.3, 0.4) is 0 Å². The van der Waals surface area contributed by atoms with Gasteiger partial charge in [-0.25, -0.2) is 0 Å². The highest BCUT2D eigenvalue weighted by Crippen LogP contribution is 2.29. The van der Waals surface area contributed by atoms with Gasteiger partial charge in [0.1, 0.15) is 0 Å². The fraction of sp³-hybridized carbons (Fsp3) is 1.00. The van der Waals surface area contributed by atoms with E-state index in [-0.39, 0.29) is 6.10 Å². The molecule has 72 valence electrons. The van der Waals surface area contributed by atoms with Crippen molar-refractivity contribution in [2.75, 3.05) is 19.6 Å². The van der Waals surface area contributed by atoms with Crippen LogP contribution in [0.4, 0.5) is 0 Å². The molecule has 12 heavy (non-hydrogen) atoms. The summed E-state index contributed by atoms with van der Waals surface area (Å²) in [5.41, 5.74) is 0. The van der Waals surface area contributed by atoms with Gasteiger partial charge in [0.25, 0.3) is 0 Å². The van der Waals surface area contributed by atoms with Gasteiger partial charge < -0.3 is 10.0 Å². The molecule has 0 amide bonds. The van der Waals surface area contributed by atoms with Gasteiger partial charge in [0.15, 0.2) is 0 Å². The van der Waals surface area contributed by atoms with Crippen LogP contribution >= 0.6 is 0 Å². The zero-order valence-corrected chi connectivity index (χ0v) is 8.29. The maximum atomic E-state index is 9.24. The molecule has 1 fully saturated rings. The lowest BCUT2D eigenvalue weighted by Crippen LogP contribution is -2.33. The van der Waals surface area contributed by atoms with Gasteiger partial charge in [-0.3, -0.25) is 0 Å². The first-order valence-corrected chi connectivity index (χ1v) is 5.12. The largest absolute Gasteiger partial charge is 0.392 e. The van der Waals surface area contributed by atoms with Crippen molar-refractivity contribution in [3.8, 4) is 0 Å². The minimum atomic E-state index is -0.171. The van der Waals surface area contributed by atoms with E-state index in [1.165, 1.54) is 25.8 Å². The summed E-state index contributed by atoms with van der Waals surface area (Å²) in [5.74, 6) is 0.940. The van der Waals surface area contributed by atoms with E-state index in [1.807, 2.05) is 6.92 Å². The molecular formula is C10H21NO. The van der Waals surface area contributed by atoms with Crippen LogP contribution in [-0.2, 0) is 0 Å². The van der Waals surface area contributed by atoms with E-state index in [4.69, 9.17) is 0 Å². The van der Waals surface area contributed by atoms with Gasteiger partial charge in [-0.1, -0.05) is 6.92 Å². The first-order valence-electron chi connectivity index (χ1n) is 5.12. The van der Waals surface area contributed by atoms with Crippen molar-refractivity contribution < 1.29 is 5.11 Å². The van der Waals surface area contributed by atoms with Crippen LogP contribution in [0.2, 0.25) is 0 Å². The average Bonchev–Trinajstić information content (AvgIpc) is 2.70. The summed E-state index contributed by atoms with van der Waals surface area (Å²) in [6.45, 7) is 7.27. The molecule has 0 aromatic carbocycles. The summed E-state index contributed by atoms with van der Waals surface area (Å²) in [7, 11) is 0. The molecule has 0 aromatic heterocycles. The van der Waals surface area contributed by atoms with Gasteiger partial charge in [0.2, 0.25) is 0 Å². The Hall–Kier alpha value is -0.0800. The van der Waals surface area contributed by atoms with Gasteiger partial charge >= 0.3 is 0 Å². The van der Waals surface area contributed by atoms with Gasteiger partial charge in [-0.15, -0.1) is 0 Å². The zero-order chi connectivity index (χ0) is 8.97. The number of rotatable bonds is 6. The molecule has 0 bridgehead atoms. The minimum absolute atomic E-state index is 0.171. The first kappa shape index (κ1) is 10.0. The van der Waals surface area contributed by atoms with Crippen LogP contribution in [0, 0.1) is 5.92 Å². The Labute approximate surface area is 75.6 Å². The Balaban J connectivity index is 2.16. The average molecular weight is 171 g/mol. The maximum absolute atomic E-state index is 9.24. The molecule has 0 spiro atoms. The van der Waals surface area contributed by atoms with E-state index in [0.29, 0.717) is 0 Å². The Morgan fingerprint density at radius 3 is 2.58 bits per heavy atom. The molecule has 1 aliphatic carbocycles. The third kappa shape index (κ3) is 4.07. The van der Waals surface area contributed by atoms with Crippen molar-refractivity contribution in [1.29, 1.82) is 0 Å². The van der Waals surface area contributed by atoms with E-state index in [2.05, 4.69) is 11.8 Å². The molecule has 1 rings (SSSR count). The Kier molecular flexibility index (Phi) is 4.02. The van der Waals surface area contributed by atoms with Gasteiger partial charge in [0.05, 0.1) is 6.10 Å². The van der Waals surface area contributed by atoms with Crippen LogP contribution in [-0.4, -0.2) is 35.7 Å². The summed E-state index contributed by atoms with van der Waals surface area (Å²) in [6.07, 6.45) is 3.83. The molecule has 0 unspecified atom stereocenters. The summed E-state index contributed by atoms with van der Waals surface area (Å²) in [4.78, 5) is 2.39. The quantitative estimate of drug-likeness (QED) is 0.654. The molecule has 1 atom stereocenters. The van der Waals surface area contributed by atoms with Crippen LogP contribution in [0.1, 0.15) is 33.1 Å². The molecule has 2 heteroatoms. The number of hydrogen-bond acceptors (Lipinski definition) is 2. The van der Waals surface area contributed by atoms with E-state index in [0.717, 1.165) is 19.0 Å². The van der Waals surface area contributed by atoms with Crippen molar-refractivity contribution in [3.05, 3.63) is 0 Å². The highest BCUT2D eigenvalue weighted by Gasteiger charge is 2.24. The minimum Gasteiger partial charge on any atom is -0.392 e. The maximum Gasteiger partial charge on any atom is 0.0639 e. The summed E-state index contributed by atoms with van der Waals surface area (Å²) < 4.78 is 0. The van der Waals surface area contributed by atoms with Crippen molar-refractivity contribution in [2.24, 2.45) is 5.92 Å². The number of aliphatic hydroxyl groups excluding tert-OH is 1. The van der Waals surface area contributed by atoms with Crippen LogP contribution in [0.25, 0.3) is 0 Å². The molecule has 0 aliphatic heterocycles. The van der Waals surface area contributed by atoms with Crippen molar-refractivity contribution in [1.82, 2.24) is 4.90 Å².